The minimum atomic E-state index is -4.06. The Balaban J connectivity index is 2.28. The third kappa shape index (κ3) is 4.00. The average molecular weight is 381 g/mol. The lowest BCUT2D eigenvalue weighted by molar-refractivity contribution is 0.0622. The average Bonchev–Trinajstić information content (AvgIpc) is 2.38. The molecule has 116 valence electrons. The molecule has 0 aliphatic carbocycles. The minimum Gasteiger partial charge on any atom is -0.379 e. The van der Waals surface area contributed by atoms with Crippen LogP contribution in [-0.2, 0) is 14.8 Å². The minimum absolute atomic E-state index is 0.0277. The van der Waals surface area contributed by atoms with E-state index in [2.05, 4.69) is 21.2 Å². The number of ether oxygens (including phenoxy) is 1. The highest BCUT2D eigenvalue weighted by Crippen LogP contribution is 2.24. The third-order valence-corrected chi connectivity index (χ3v) is 4.94. The molecule has 1 aliphatic heterocycles. The number of hydrogen-bond acceptors (Lipinski definition) is 4. The second kappa shape index (κ2) is 6.39. The molecule has 21 heavy (non-hydrogen) atoms. The van der Waals surface area contributed by atoms with Gasteiger partial charge in [0.2, 0.25) is 10.0 Å². The lowest BCUT2D eigenvalue weighted by atomic mass is 10.1. The molecule has 1 unspecified atom stereocenters. The van der Waals surface area contributed by atoms with Gasteiger partial charge in [0.15, 0.2) is 0 Å². The van der Waals surface area contributed by atoms with Crippen molar-refractivity contribution in [2.75, 3.05) is 13.2 Å². The van der Waals surface area contributed by atoms with Crippen molar-refractivity contribution in [3.05, 3.63) is 28.0 Å². The van der Waals surface area contributed by atoms with Crippen LogP contribution in [0.2, 0.25) is 0 Å². The van der Waals surface area contributed by atoms with Gasteiger partial charge in [-0.2, -0.15) is 0 Å². The molecular weight excluding hydrogens is 367 g/mol. The summed E-state index contributed by atoms with van der Waals surface area (Å²) in [7, 11) is -4.06. The Bertz CT molecular complexity index is 659. The summed E-state index contributed by atoms with van der Waals surface area (Å²) >= 11 is 2.91. The first-order valence-corrected chi connectivity index (χ1v) is 8.53. The summed E-state index contributed by atoms with van der Waals surface area (Å²) in [6, 6.07) is 1.62. The van der Waals surface area contributed by atoms with Gasteiger partial charge in [-0.3, -0.25) is 4.79 Å². The Morgan fingerprint density at radius 1 is 1.48 bits per heavy atom. The predicted molar refractivity (Wildman–Crippen MR) is 76.8 cm³/mol. The predicted octanol–water partition coefficient (Wildman–Crippen LogP) is 1.14. The van der Waals surface area contributed by atoms with Crippen molar-refractivity contribution in [3.63, 3.8) is 0 Å². The van der Waals surface area contributed by atoms with E-state index in [1.165, 1.54) is 0 Å². The zero-order valence-electron chi connectivity index (χ0n) is 10.9. The first-order chi connectivity index (χ1) is 9.79. The van der Waals surface area contributed by atoms with E-state index in [0.717, 1.165) is 25.0 Å². The zero-order valence-corrected chi connectivity index (χ0v) is 13.3. The van der Waals surface area contributed by atoms with Gasteiger partial charge in [0, 0.05) is 11.1 Å². The number of carbonyl (C=O) groups is 1. The number of nitrogens with two attached hydrogens (primary N) is 1. The molecule has 1 atom stereocenters. The number of sulfonamides is 1. The Kier molecular flexibility index (Phi) is 4.97. The first-order valence-electron chi connectivity index (χ1n) is 6.19. The van der Waals surface area contributed by atoms with Crippen molar-refractivity contribution in [1.82, 2.24) is 5.32 Å². The summed E-state index contributed by atoms with van der Waals surface area (Å²) in [6.07, 6.45) is 1.53. The number of amides is 1. The third-order valence-electron chi connectivity index (χ3n) is 3.07. The summed E-state index contributed by atoms with van der Waals surface area (Å²) in [6.45, 7) is 0.987. The molecule has 3 N–H and O–H groups in total. The molecule has 0 saturated carbocycles. The molecule has 0 spiro atoms. The normalized spacial score (nSPS) is 19.3. The van der Waals surface area contributed by atoms with Crippen LogP contribution in [0.15, 0.2) is 21.5 Å². The van der Waals surface area contributed by atoms with Crippen molar-refractivity contribution in [1.29, 1.82) is 0 Å². The second-order valence-corrected chi connectivity index (χ2v) is 7.08. The summed E-state index contributed by atoms with van der Waals surface area (Å²) < 4.78 is 41.9. The fraction of sp³-hybridized carbons (Fsp3) is 0.417. The maximum Gasteiger partial charge on any atom is 0.254 e. The lowest BCUT2D eigenvalue weighted by Gasteiger charge is -2.23. The molecule has 9 heteroatoms. The zero-order chi connectivity index (χ0) is 15.6. The molecule has 6 nitrogen and oxygen atoms in total. The topological polar surface area (TPSA) is 98.5 Å². The summed E-state index contributed by atoms with van der Waals surface area (Å²) in [5.74, 6) is -1.52. The van der Waals surface area contributed by atoms with Crippen LogP contribution in [0, 0.1) is 5.82 Å². The van der Waals surface area contributed by atoms with Gasteiger partial charge in [-0.25, -0.2) is 17.9 Å². The van der Waals surface area contributed by atoms with Crippen LogP contribution in [0.5, 0.6) is 0 Å². The SMILES string of the molecule is NS(=O)(=O)c1cc(C(=O)NC2CCCOC2)c(F)cc1Br. The summed E-state index contributed by atoms with van der Waals surface area (Å²) in [5, 5.41) is 7.65. The fourth-order valence-electron chi connectivity index (χ4n) is 2.04. The molecule has 2 rings (SSSR count). The number of halogens is 2. The molecule has 1 amide bonds. The highest BCUT2D eigenvalue weighted by Gasteiger charge is 2.23. The van der Waals surface area contributed by atoms with Crippen molar-refractivity contribution in [2.24, 2.45) is 5.14 Å². The van der Waals surface area contributed by atoms with Crippen LogP contribution in [0.1, 0.15) is 23.2 Å². The van der Waals surface area contributed by atoms with E-state index in [4.69, 9.17) is 9.88 Å². The van der Waals surface area contributed by atoms with E-state index >= 15 is 0 Å². The van der Waals surface area contributed by atoms with Crippen molar-refractivity contribution in [2.45, 2.75) is 23.8 Å². The maximum atomic E-state index is 13.9. The number of benzene rings is 1. The van der Waals surface area contributed by atoms with Gasteiger partial charge in [-0.1, -0.05) is 0 Å². The van der Waals surface area contributed by atoms with Gasteiger partial charge >= 0.3 is 0 Å². The van der Waals surface area contributed by atoms with Crippen LogP contribution in [-0.4, -0.2) is 33.6 Å². The van der Waals surface area contributed by atoms with E-state index in [9.17, 15) is 17.6 Å². The van der Waals surface area contributed by atoms with Crippen LogP contribution in [0.4, 0.5) is 4.39 Å². The Morgan fingerprint density at radius 3 is 2.76 bits per heavy atom. The van der Waals surface area contributed by atoms with Crippen LogP contribution in [0.3, 0.4) is 0 Å². The standard InChI is InChI=1S/C12H14BrFN2O4S/c13-9-5-10(14)8(4-11(9)21(15,18)19)12(17)16-7-2-1-3-20-6-7/h4-5,7H,1-3,6H2,(H,16,17)(H2,15,18,19). The molecule has 1 aromatic carbocycles. The summed E-state index contributed by atoms with van der Waals surface area (Å²) in [4.78, 5) is 11.7. The van der Waals surface area contributed by atoms with Crippen molar-refractivity contribution < 1.29 is 22.3 Å². The monoisotopic (exact) mass is 380 g/mol. The second-order valence-electron chi connectivity index (χ2n) is 4.70. The highest BCUT2D eigenvalue weighted by molar-refractivity contribution is 9.10. The molecule has 0 radical (unpaired) electrons. The van der Waals surface area contributed by atoms with Crippen LogP contribution >= 0.6 is 15.9 Å². The summed E-state index contributed by atoms with van der Waals surface area (Å²) in [5.41, 5.74) is -0.368. The van der Waals surface area contributed by atoms with Gasteiger partial charge in [0.1, 0.15) is 5.82 Å². The Labute approximate surface area is 130 Å². The maximum absolute atomic E-state index is 13.9. The number of rotatable bonds is 3. The van der Waals surface area contributed by atoms with E-state index < -0.39 is 21.7 Å². The van der Waals surface area contributed by atoms with Crippen molar-refractivity contribution in [3.8, 4) is 0 Å². The van der Waals surface area contributed by atoms with Gasteiger partial charge in [-0.15, -0.1) is 0 Å². The number of nitrogens with one attached hydrogen (secondary N) is 1. The van der Waals surface area contributed by atoms with Gasteiger partial charge in [-0.05, 0) is 40.9 Å². The Morgan fingerprint density at radius 2 is 2.19 bits per heavy atom. The Hall–Kier alpha value is -1.03. The molecule has 1 heterocycles. The highest BCUT2D eigenvalue weighted by atomic mass is 79.9. The van der Waals surface area contributed by atoms with Gasteiger partial charge < -0.3 is 10.1 Å². The molecular formula is C12H14BrFN2O4S. The quantitative estimate of drug-likeness (QED) is 0.821. The largest absolute Gasteiger partial charge is 0.379 e. The van der Waals surface area contributed by atoms with E-state index in [1.54, 1.807) is 0 Å². The van der Waals surface area contributed by atoms with E-state index in [1.807, 2.05) is 0 Å². The number of hydrogen-bond donors (Lipinski definition) is 2. The smallest absolute Gasteiger partial charge is 0.254 e. The molecule has 1 fully saturated rings. The molecule has 1 saturated heterocycles. The molecule has 1 aliphatic rings. The fourth-order valence-corrected chi connectivity index (χ4v) is 3.64. The van der Waals surface area contributed by atoms with Crippen molar-refractivity contribution >= 4 is 31.9 Å². The van der Waals surface area contributed by atoms with Crippen LogP contribution < -0.4 is 10.5 Å². The molecule has 0 aromatic heterocycles. The first kappa shape index (κ1) is 16.3. The number of primary sulfonamides is 1. The molecule has 1 aromatic rings. The van der Waals surface area contributed by atoms with Gasteiger partial charge in [0.05, 0.1) is 23.1 Å². The van der Waals surface area contributed by atoms with Gasteiger partial charge in [0.25, 0.3) is 5.91 Å². The molecule has 0 bridgehead atoms. The van der Waals surface area contributed by atoms with E-state index in [-0.39, 0.29) is 21.0 Å². The van der Waals surface area contributed by atoms with Crippen LogP contribution in [0.25, 0.3) is 0 Å². The number of carbonyl (C=O) groups excluding carboxylic acids is 1. The lowest BCUT2D eigenvalue weighted by Crippen LogP contribution is -2.41. The van der Waals surface area contributed by atoms with E-state index in [0.29, 0.717) is 13.2 Å².